The van der Waals surface area contributed by atoms with E-state index in [1.54, 1.807) is 23.4 Å². The van der Waals surface area contributed by atoms with E-state index in [-0.39, 0.29) is 12.0 Å². The maximum atomic E-state index is 12.2. The van der Waals surface area contributed by atoms with Crippen molar-refractivity contribution in [1.29, 1.82) is 0 Å². The fourth-order valence-electron chi connectivity index (χ4n) is 2.73. The van der Waals surface area contributed by atoms with Crippen LogP contribution in [0.15, 0.2) is 37.2 Å². The third kappa shape index (κ3) is 4.51. The molecule has 1 amide bonds. The van der Waals surface area contributed by atoms with Crippen molar-refractivity contribution >= 4 is 5.91 Å². The Bertz CT molecular complexity index is 594. The van der Waals surface area contributed by atoms with E-state index in [1.807, 2.05) is 17.0 Å². The molecular weight excluding hydrogens is 294 g/mol. The lowest BCUT2D eigenvalue weighted by molar-refractivity contribution is -0.133. The molecule has 1 fully saturated rings. The summed E-state index contributed by atoms with van der Waals surface area (Å²) in [5.41, 5.74) is 0. The van der Waals surface area contributed by atoms with Crippen LogP contribution in [0.2, 0.25) is 0 Å². The van der Waals surface area contributed by atoms with Gasteiger partial charge in [-0.1, -0.05) is 0 Å². The average molecular weight is 315 g/mol. The molecule has 122 valence electrons. The monoisotopic (exact) mass is 315 g/mol. The molecule has 3 rings (SSSR count). The van der Waals surface area contributed by atoms with Crippen molar-refractivity contribution < 1.29 is 9.53 Å². The van der Waals surface area contributed by atoms with Crippen LogP contribution in [0.3, 0.4) is 0 Å². The molecule has 0 N–H and O–H groups in total. The standard InChI is InChI=1S/C16H21N5O2/c22-16(2-1-9-21-13-18-12-19-21)20-10-5-15(6-11-20)23-14-3-7-17-8-4-14/h3-4,7-8,12-13,15H,1-2,5-6,9-11H2. The molecule has 1 aliphatic rings. The first kappa shape index (κ1) is 15.5. The number of amides is 1. The summed E-state index contributed by atoms with van der Waals surface area (Å²) in [7, 11) is 0. The average Bonchev–Trinajstić information content (AvgIpc) is 3.10. The predicted octanol–water partition coefficient (Wildman–Crippen LogP) is 1.52. The van der Waals surface area contributed by atoms with Crippen LogP contribution in [-0.2, 0) is 11.3 Å². The third-order valence-electron chi connectivity index (χ3n) is 3.99. The molecule has 0 atom stereocenters. The zero-order valence-corrected chi connectivity index (χ0v) is 13.0. The van der Waals surface area contributed by atoms with Crippen LogP contribution in [0, 0.1) is 0 Å². The zero-order valence-electron chi connectivity index (χ0n) is 13.0. The number of likely N-dealkylation sites (tertiary alicyclic amines) is 1. The molecule has 23 heavy (non-hydrogen) atoms. The molecule has 3 heterocycles. The maximum Gasteiger partial charge on any atom is 0.222 e. The smallest absolute Gasteiger partial charge is 0.222 e. The summed E-state index contributed by atoms with van der Waals surface area (Å²) in [6, 6.07) is 3.73. The molecule has 0 unspecified atom stereocenters. The number of ether oxygens (including phenoxy) is 1. The minimum atomic E-state index is 0.177. The van der Waals surface area contributed by atoms with Gasteiger partial charge in [-0.05, 0) is 18.6 Å². The lowest BCUT2D eigenvalue weighted by Crippen LogP contribution is -2.41. The van der Waals surface area contributed by atoms with Crippen LogP contribution in [0.1, 0.15) is 25.7 Å². The molecule has 0 aliphatic carbocycles. The molecule has 0 radical (unpaired) electrons. The fourth-order valence-corrected chi connectivity index (χ4v) is 2.73. The Labute approximate surface area is 135 Å². The minimum absolute atomic E-state index is 0.177. The van der Waals surface area contributed by atoms with Crippen LogP contribution < -0.4 is 4.74 Å². The quantitative estimate of drug-likeness (QED) is 0.808. The topological polar surface area (TPSA) is 73.1 Å². The largest absolute Gasteiger partial charge is 0.490 e. The van der Waals surface area contributed by atoms with E-state index in [0.717, 1.165) is 44.6 Å². The number of rotatable bonds is 6. The molecule has 1 saturated heterocycles. The second-order valence-corrected chi connectivity index (χ2v) is 5.64. The van der Waals surface area contributed by atoms with Crippen LogP contribution in [0.4, 0.5) is 0 Å². The van der Waals surface area contributed by atoms with Crippen molar-refractivity contribution in [2.75, 3.05) is 13.1 Å². The summed E-state index contributed by atoms with van der Waals surface area (Å²) >= 11 is 0. The van der Waals surface area contributed by atoms with Crippen molar-refractivity contribution in [3.05, 3.63) is 37.2 Å². The summed E-state index contributed by atoms with van der Waals surface area (Å²) in [5, 5.41) is 4.04. The van der Waals surface area contributed by atoms with E-state index >= 15 is 0 Å². The second kappa shape index (κ2) is 7.71. The van der Waals surface area contributed by atoms with Crippen LogP contribution in [-0.4, -0.2) is 49.7 Å². The Hall–Kier alpha value is -2.44. The number of pyridine rings is 1. The molecule has 7 nitrogen and oxygen atoms in total. The van der Waals surface area contributed by atoms with Gasteiger partial charge in [-0.2, -0.15) is 5.10 Å². The van der Waals surface area contributed by atoms with E-state index in [4.69, 9.17) is 4.74 Å². The van der Waals surface area contributed by atoms with E-state index in [0.29, 0.717) is 6.42 Å². The summed E-state index contributed by atoms with van der Waals surface area (Å²) in [4.78, 5) is 22.0. The Morgan fingerprint density at radius 1 is 1.22 bits per heavy atom. The van der Waals surface area contributed by atoms with Gasteiger partial charge in [0.05, 0.1) is 0 Å². The van der Waals surface area contributed by atoms with Gasteiger partial charge in [-0.15, -0.1) is 0 Å². The molecule has 0 saturated carbocycles. The summed E-state index contributed by atoms with van der Waals surface area (Å²) in [5.74, 6) is 1.06. The van der Waals surface area contributed by atoms with Gasteiger partial charge in [-0.25, -0.2) is 4.98 Å². The highest BCUT2D eigenvalue weighted by Gasteiger charge is 2.23. The van der Waals surface area contributed by atoms with E-state index < -0.39 is 0 Å². The van der Waals surface area contributed by atoms with Gasteiger partial charge >= 0.3 is 0 Å². The number of nitrogens with zero attached hydrogens (tertiary/aromatic N) is 5. The van der Waals surface area contributed by atoms with Crippen LogP contribution in [0.5, 0.6) is 5.75 Å². The van der Waals surface area contributed by atoms with Crippen LogP contribution >= 0.6 is 0 Å². The van der Waals surface area contributed by atoms with Gasteiger partial charge < -0.3 is 9.64 Å². The number of carbonyl (C=O) groups excluding carboxylic acids is 1. The SMILES string of the molecule is O=C(CCCn1cncn1)N1CCC(Oc2ccncc2)CC1. The van der Waals surface area contributed by atoms with Crippen molar-refractivity contribution in [1.82, 2.24) is 24.6 Å². The molecule has 7 heteroatoms. The number of carbonyl (C=O) groups is 1. The van der Waals surface area contributed by atoms with Crippen molar-refractivity contribution in [3.8, 4) is 5.75 Å². The van der Waals surface area contributed by atoms with Crippen molar-refractivity contribution in [2.24, 2.45) is 0 Å². The van der Waals surface area contributed by atoms with Gasteiger partial charge in [0.2, 0.25) is 5.91 Å². The Kier molecular flexibility index (Phi) is 5.18. The highest BCUT2D eigenvalue weighted by molar-refractivity contribution is 5.76. The summed E-state index contributed by atoms with van der Waals surface area (Å²) in [6.07, 6.45) is 9.89. The zero-order chi connectivity index (χ0) is 15.9. The lowest BCUT2D eigenvalue weighted by atomic mass is 10.1. The van der Waals surface area contributed by atoms with Crippen molar-refractivity contribution in [2.45, 2.75) is 38.3 Å². The Morgan fingerprint density at radius 3 is 2.70 bits per heavy atom. The number of aryl methyl sites for hydroxylation is 1. The fraction of sp³-hybridized carbons (Fsp3) is 0.500. The number of hydrogen-bond acceptors (Lipinski definition) is 5. The molecular formula is C16H21N5O2. The van der Waals surface area contributed by atoms with Gasteiger partial charge in [0.15, 0.2) is 0 Å². The number of piperidine rings is 1. The van der Waals surface area contributed by atoms with Gasteiger partial charge in [0.25, 0.3) is 0 Å². The molecule has 2 aromatic rings. The van der Waals surface area contributed by atoms with E-state index in [9.17, 15) is 4.79 Å². The maximum absolute atomic E-state index is 12.2. The highest BCUT2D eigenvalue weighted by atomic mass is 16.5. The highest BCUT2D eigenvalue weighted by Crippen LogP contribution is 2.18. The predicted molar refractivity (Wildman–Crippen MR) is 83.7 cm³/mol. The van der Waals surface area contributed by atoms with E-state index in [2.05, 4.69) is 15.1 Å². The third-order valence-corrected chi connectivity index (χ3v) is 3.99. The number of hydrogen-bond donors (Lipinski definition) is 0. The summed E-state index contributed by atoms with van der Waals surface area (Å²) < 4.78 is 7.67. The lowest BCUT2D eigenvalue weighted by Gasteiger charge is -2.32. The molecule has 0 spiro atoms. The first-order valence-electron chi connectivity index (χ1n) is 7.98. The molecule has 0 aromatic carbocycles. The first-order chi connectivity index (χ1) is 11.3. The normalized spacial score (nSPS) is 15.6. The van der Waals surface area contributed by atoms with Crippen LogP contribution in [0.25, 0.3) is 0 Å². The first-order valence-corrected chi connectivity index (χ1v) is 7.98. The Balaban J connectivity index is 1.37. The summed E-state index contributed by atoms with van der Waals surface area (Å²) in [6.45, 7) is 2.25. The number of aromatic nitrogens is 4. The second-order valence-electron chi connectivity index (χ2n) is 5.64. The van der Waals surface area contributed by atoms with Gasteiger partial charge in [0.1, 0.15) is 24.5 Å². The van der Waals surface area contributed by atoms with E-state index in [1.165, 1.54) is 6.33 Å². The van der Waals surface area contributed by atoms with Gasteiger partial charge in [-0.3, -0.25) is 14.5 Å². The molecule has 0 bridgehead atoms. The van der Waals surface area contributed by atoms with Gasteiger partial charge in [0, 0.05) is 51.3 Å². The van der Waals surface area contributed by atoms with Crippen molar-refractivity contribution in [3.63, 3.8) is 0 Å². The molecule has 1 aliphatic heterocycles. The molecule has 2 aromatic heterocycles. The minimum Gasteiger partial charge on any atom is -0.490 e. The Morgan fingerprint density at radius 2 is 2.00 bits per heavy atom.